The second-order valence-electron chi connectivity index (χ2n) is 3.76. The largest absolute Gasteiger partial charge is 0.478 e. The number of nitrogens with one attached hydrogen (secondary N) is 1. The van der Waals surface area contributed by atoms with Crippen LogP contribution in [0.1, 0.15) is 34.0 Å². The Morgan fingerprint density at radius 3 is 3.06 bits per heavy atom. The summed E-state index contributed by atoms with van der Waals surface area (Å²) in [4.78, 5) is 15.1. The van der Waals surface area contributed by atoms with Gasteiger partial charge in [0.1, 0.15) is 6.07 Å². The number of hydrogen-bond donors (Lipinski definition) is 2. The molecular formula is C11H11N3O2. The van der Waals surface area contributed by atoms with Gasteiger partial charge in [-0.2, -0.15) is 5.26 Å². The van der Waals surface area contributed by atoms with E-state index in [1.807, 2.05) is 6.07 Å². The fourth-order valence-electron chi connectivity index (χ4n) is 1.87. The van der Waals surface area contributed by atoms with Gasteiger partial charge in [0.05, 0.1) is 11.1 Å². The molecule has 0 aromatic carbocycles. The van der Waals surface area contributed by atoms with Crippen molar-refractivity contribution in [2.45, 2.75) is 12.3 Å². The van der Waals surface area contributed by atoms with Gasteiger partial charge in [0, 0.05) is 24.4 Å². The van der Waals surface area contributed by atoms with Gasteiger partial charge in [0.15, 0.2) is 0 Å². The number of carbonyl (C=O) groups is 1. The maximum Gasteiger partial charge on any atom is 0.337 e. The molecule has 82 valence electrons. The standard InChI is InChI=1S/C11H11N3O2/c12-4-8-6-14-10(3-9(8)11(15)16)7-1-2-13-5-7/h3,6-7,13H,1-2,5H2,(H,15,16). The van der Waals surface area contributed by atoms with E-state index in [-0.39, 0.29) is 17.0 Å². The summed E-state index contributed by atoms with van der Waals surface area (Å²) in [6, 6.07) is 3.35. The van der Waals surface area contributed by atoms with Gasteiger partial charge in [-0.25, -0.2) is 4.79 Å². The summed E-state index contributed by atoms with van der Waals surface area (Å²) in [6.07, 6.45) is 2.30. The van der Waals surface area contributed by atoms with Crippen molar-refractivity contribution in [1.29, 1.82) is 5.26 Å². The second kappa shape index (κ2) is 4.29. The molecule has 2 N–H and O–H groups in total. The average Bonchev–Trinajstić information content (AvgIpc) is 2.81. The van der Waals surface area contributed by atoms with Crippen LogP contribution in [0.3, 0.4) is 0 Å². The molecule has 1 aromatic heterocycles. The van der Waals surface area contributed by atoms with Crippen LogP contribution in [-0.2, 0) is 0 Å². The van der Waals surface area contributed by atoms with Crippen LogP contribution >= 0.6 is 0 Å². The van der Waals surface area contributed by atoms with Gasteiger partial charge >= 0.3 is 5.97 Å². The number of nitrogens with zero attached hydrogens (tertiary/aromatic N) is 2. The van der Waals surface area contributed by atoms with E-state index in [1.165, 1.54) is 12.3 Å². The monoisotopic (exact) mass is 217 g/mol. The lowest BCUT2D eigenvalue weighted by Crippen LogP contribution is -2.10. The minimum absolute atomic E-state index is 0.0411. The van der Waals surface area contributed by atoms with Crippen molar-refractivity contribution >= 4 is 5.97 Å². The SMILES string of the molecule is N#Cc1cnc(C2CCNC2)cc1C(=O)O. The number of rotatable bonds is 2. The Kier molecular flexibility index (Phi) is 2.84. The first-order valence-electron chi connectivity index (χ1n) is 5.06. The molecule has 0 aliphatic carbocycles. The van der Waals surface area contributed by atoms with Gasteiger partial charge in [0.25, 0.3) is 0 Å². The lowest BCUT2D eigenvalue weighted by atomic mass is 10.0. The molecule has 5 heteroatoms. The second-order valence-corrected chi connectivity index (χ2v) is 3.76. The van der Waals surface area contributed by atoms with E-state index in [1.54, 1.807) is 0 Å². The Bertz CT molecular complexity index is 459. The van der Waals surface area contributed by atoms with Crippen LogP contribution in [0.4, 0.5) is 0 Å². The molecule has 2 rings (SSSR count). The molecule has 0 bridgehead atoms. The molecule has 2 heterocycles. The minimum Gasteiger partial charge on any atom is -0.478 e. The zero-order valence-electron chi connectivity index (χ0n) is 8.60. The molecule has 1 atom stereocenters. The Morgan fingerprint density at radius 2 is 2.50 bits per heavy atom. The summed E-state index contributed by atoms with van der Waals surface area (Å²) >= 11 is 0. The summed E-state index contributed by atoms with van der Waals surface area (Å²) in [6.45, 7) is 1.74. The molecule has 0 saturated carbocycles. The Labute approximate surface area is 92.7 Å². The number of pyridine rings is 1. The maximum absolute atomic E-state index is 11.0. The molecule has 0 amide bonds. The first kappa shape index (κ1) is 10.6. The zero-order valence-corrected chi connectivity index (χ0v) is 8.60. The molecule has 5 nitrogen and oxygen atoms in total. The van der Waals surface area contributed by atoms with Gasteiger partial charge in [-0.3, -0.25) is 4.98 Å². The molecule has 1 saturated heterocycles. The molecular weight excluding hydrogens is 206 g/mol. The van der Waals surface area contributed by atoms with Crippen molar-refractivity contribution in [3.05, 3.63) is 29.1 Å². The summed E-state index contributed by atoms with van der Waals surface area (Å²) in [5.74, 6) is -0.822. The van der Waals surface area contributed by atoms with E-state index in [4.69, 9.17) is 10.4 Å². The zero-order chi connectivity index (χ0) is 11.5. The molecule has 1 aliphatic rings. The Hall–Kier alpha value is -1.93. The average molecular weight is 217 g/mol. The fraction of sp³-hybridized carbons (Fsp3) is 0.364. The number of carboxylic acid groups (broad SMARTS) is 1. The van der Waals surface area contributed by atoms with Crippen LogP contribution in [-0.4, -0.2) is 29.1 Å². The summed E-state index contributed by atoms with van der Waals surface area (Å²) in [5, 5.41) is 20.9. The van der Waals surface area contributed by atoms with Crippen molar-refractivity contribution in [3.8, 4) is 6.07 Å². The van der Waals surface area contributed by atoms with Gasteiger partial charge in [-0.15, -0.1) is 0 Å². The van der Waals surface area contributed by atoms with Crippen molar-refractivity contribution in [1.82, 2.24) is 10.3 Å². The first-order valence-corrected chi connectivity index (χ1v) is 5.06. The highest BCUT2D eigenvalue weighted by Crippen LogP contribution is 2.22. The Balaban J connectivity index is 2.39. The first-order chi connectivity index (χ1) is 7.72. The van der Waals surface area contributed by atoms with Crippen LogP contribution < -0.4 is 5.32 Å². The van der Waals surface area contributed by atoms with E-state index < -0.39 is 5.97 Å². The Morgan fingerprint density at radius 1 is 1.69 bits per heavy atom. The van der Waals surface area contributed by atoms with Crippen LogP contribution in [0, 0.1) is 11.3 Å². The van der Waals surface area contributed by atoms with Crippen LogP contribution in [0.15, 0.2) is 12.3 Å². The highest BCUT2D eigenvalue weighted by atomic mass is 16.4. The molecule has 1 aliphatic heterocycles. The van der Waals surface area contributed by atoms with Crippen LogP contribution in [0.25, 0.3) is 0 Å². The van der Waals surface area contributed by atoms with E-state index in [0.29, 0.717) is 0 Å². The maximum atomic E-state index is 11.0. The van der Waals surface area contributed by atoms with Crippen molar-refractivity contribution in [2.24, 2.45) is 0 Å². The predicted molar refractivity (Wildman–Crippen MR) is 56.1 cm³/mol. The number of carboxylic acids is 1. The van der Waals surface area contributed by atoms with Gasteiger partial charge in [-0.05, 0) is 19.0 Å². The van der Waals surface area contributed by atoms with Crippen LogP contribution in [0.5, 0.6) is 0 Å². The number of hydrogen-bond acceptors (Lipinski definition) is 4. The normalized spacial score (nSPS) is 19.3. The van der Waals surface area contributed by atoms with Crippen LogP contribution in [0.2, 0.25) is 0 Å². The molecule has 0 radical (unpaired) electrons. The fourth-order valence-corrected chi connectivity index (χ4v) is 1.87. The van der Waals surface area contributed by atoms with Crippen molar-refractivity contribution < 1.29 is 9.90 Å². The molecule has 16 heavy (non-hydrogen) atoms. The molecule has 1 unspecified atom stereocenters. The van der Waals surface area contributed by atoms with E-state index in [2.05, 4.69) is 10.3 Å². The lowest BCUT2D eigenvalue weighted by Gasteiger charge is -2.08. The summed E-state index contributed by atoms with van der Waals surface area (Å²) < 4.78 is 0. The lowest BCUT2D eigenvalue weighted by molar-refractivity contribution is 0.0696. The number of aromatic nitrogens is 1. The summed E-state index contributed by atoms with van der Waals surface area (Å²) in [5.41, 5.74) is 0.906. The summed E-state index contributed by atoms with van der Waals surface area (Å²) in [7, 11) is 0. The van der Waals surface area contributed by atoms with Gasteiger partial charge in [0.2, 0.25) is 0 Å². The minimum atomic E-state index is -1.08. The van der Waals surface area contributed by atoms with Crippen molar-refractivity contribution in [2.75, 3.05) is 13.1 Å². The highest BCUT2D eigenvalue weighted by Gasteiger charge is 2.20. The third kappa shape index (κ3) is 1.88. The van der Waals surface area contributed by atoms with Gasteiger partial charge < -0.3 is 10.4 Å². The quantitative estimate of drug-likeness (QED) is 0.762. The number of nitriles is 1. The van der Waals surface area contributed by atoms with E-state index >= 15 is 0 Å². The third-order valence-corrected chi connectivity index (χ3v) is 2.75. The predicted octanol–water partition coefficient (Wildman–Crippen LogP) is 0.728. The number of aromatic carboxylic acids is 1. The highest BCUT2D eigenvalue weighted by molar-refractivity contribution is 5.90. The third-order valence-electron chi connectivity index (χ3n) is 2.75. The molecule has 0 spiro atoms. The molecule has 1 fully saturated rings. The molecule has 1 aromatic rings. The van der Waals surface area contributed by atoms with E-state index in [0.717, 1.165) is 25.2 Å². The van der Waals surface area contributed by atoms with Crippen molar-refractivity contribution in [3.63, 3.8) is 0 Å². The van der Waals surface area contributed by atoms with E-state index in [9.17, 15) is 4.79 Å². The topological polar surface area (TPSA) is 86.0 Å². The smallest absolute Gasteiger partial charge is 0.337 e. The van der Waals surface area contributed by atoms with Gasteiger partial charge in [-0.1, -0.05) is 0 Å².